The third-order valence-electron chi connectivity index (χ3n) is 3.77. The van der Waals surface area contributed by atoms with Gasteiger partial charge in [-0.1, -0.05) is 17.7 Å². The molecule has 1 aromatic carbocycles. The number of ether oxygens (including phenoxy) is 1. The molecule has 0 saturated heterocycles. The van der Waals surface area contributed by atoms with Gasteiger partial charge in [-0.25, -0.2) is 9.97 Å². The fourth-order valence-corrected chi connectivity index (χ4v) is 2.51. The summed E-state index contributed by atoms with van der Waals surface area (Å²) in [5.41, 5.74) is 2.42. The number of aryl methyl sites for hydroxylation is 1. The largest absolute Gasteiger partial charge is 0.495 e. The number of hydrogen-bond donors (Lipinski definition) is 2. The summed E-state index contributed by atoms with van der Waals surface area (Å²) in [5, 5.41) is 6.41. The molecule has 27 heavy (non-hydrogen) atoms. The van der Waals surface area contributed by atoms with Gasteiger partial charge in [0.05, 0.1) is 25.0 Å². The summed E-state index contributed by atoms with van der Waals surface area (Å²) in [7, 11) is 1.51. The van der Waals surface area contributed by atoms with Gasteiger partial charge >= 0.3 is 0 Å². The molecule has 0 aliphatic rings. The van der Waals surface area contributed by atoms with Crippen LogP contribution < -0.4 is 15.4 Å². The van der Waals surface area contributed by atoms with Crippen LogP contribution in [0, 0.1) is 6.92 Å². The molecule has 0 radical (unpaired) electrons. The molecule has 2 heterocycles. The Bertz CT molecular complexity index is 950. The van der Waals surface area contributed by atoms with Crippen molar-refractivity contribution in [1.82, 2.24) is 15.0 Å². The van der Waals surface area contributed by atoms with Crippen LogP contribution in [0.15, 0.2) is 48.8 Å². The fourth-order valence-electron chi connectivity index (χ4n) is 2.36. The number of rotatable bonds is 6. The number of anilines is 2. The SMILES string of the molecule is COc1cc(Cl)c(C)cc1NC(=O)c1ccnc(NCc2ccccn2)n1. The van der Waals surface area contributed by atoms with Gasteiger partial charge in [0, 0.05) is 23.5 Å². The van der Waals surface area contributed by atoms with Gasteiger partial charge in [0.15, 0.2) is 0 Å². The molecule has 0 unspecified atom stereocenters. The van der Waals surface area contributed by atoms with E-state index < -0.39 is 0 Å². The van der Waals surface area contributed by atoms with Crippen LogP contribution in [0.3, 0.4) is 0 Å². The van der Waals surface area contributed by atoms with E-state index in [0.717, 1.165) is 11.3 Å². The summed E-state index contributed by atoms with van der Waals surface area (Å²) >= 11 is 6.10. The standard InChI is InChI=1S/C19H18ClN5O2/c1-12-9-16(17(27-2)10-14(12)20)24-18(26)15-6-8-22-19(25-15)23-11-13-5-3-4-7-21-13/h3-10H,11H2,1-2H3,(H,24,26)(H,22,23,25). The second-order valence-electron chi connectivity index (χ2n) is 5.70. The Morgan fingerprint density at radius 1 is 1.19 bits per heavy atom. The lowest BCUT2D eigenvalue weighted by atomic mass is 10.2. The molecule has 0 atom stereocenters. The second kappa shape index (κ2) is 8.46. The Labute approximate surface area is 161 Å². The van der Waals surface area contributed by atoms with E-state index >= 15 is 0 Å². The van der Waals surface area contributed by atoms with Crippen LogP contribution in [0.4, 0.5) is 11.6 Å². The first-order valence-corrected chi connectivity index (χ1v) is 8.57. The number of benzene rings is 1. The van der Waals surface area contributed by atoms with E-state index in [9.17, 15) is 4.79 Å². The van der Waals surface area contributed by atoms with E-state index in [2.05, 4.69) is 25.6 Å². The van der Waals surface area contributed by atoms with Crippen LogP contribution in [0.25, 0.3) is 0 Å². The van der Waals surface area contributed by atoms with Crippen molar-refractivity contribution in [1.29, 1.82) is 0 Å². The number of nitrogens with one attached hydrogen (secondary N) is 2. The van der Waals surface area contributed by atoms with E-state index in [0.29, 0.717) is 29.0 Å². The maximum Gasteiger partial charge on any atom is 0.274 e. The summed E-state index contributed by atoms with van der Waals surface area (Å²) in [5.74, 6) is 0.437. The quantitative estimate of drug-likeness (QED) is 0.674. The lowest BCUT2D eigenvalue weighted by molar-refractivity contribution is 0.102. The smallest absolute Gasteiger partial charge is 0.274 e. The van der Waals surface area contributed by atoms with Crippen LogP contribution in [0.1, 0.15) is 21.7 Å². The Balaban J connectivity index is 1.73. The zero-order chi connectivity index (χ0) is 19.2. The highest BCUT2D eigenvalue weighted by molar-refractivity contribution is 6.31. The monoisotopic (exact) mass is 383 g/mol. The van der Waals surface area contributed by atoms with Crippen molar-refractivity contribution >= 4 is 29.1 Å². The molecule has 0 saturated carbocycles. The van der Waals surface area contributed by atoms with Crippen molar-refractivity contribution in [3.05, 3.63) is 70.8 Å². The van der Waals surface area contributed by atoms with Crippen molar-refractivity contribution in [3.63, 3.8) is 0 Å². The molecule has 2 aromatic heterocycles. The van der Waals surface area contributed by atoms with Crippen LogP contribution in [0.5, 0.6) is 5.75 Å². The molecule has 8 heteroatoms. The molecule has 0 fully saturated rings. The highest BCUT2D eigenvalue weighted by Crippen LogP contribution is 2.31. The second-order valence-corrected chi connectivity index (χ2v) is 6.10. The summed E-state index contributed by atoms with van der Waals surface area (Å²) in [6.07, 6.45) is 3.23. The predicted octanol–water partition coefficient (Wildman–Crippen LogP) is 3.71. The van der Waals surface area contributed by atoms with Crippen LogP contribution in [-0.2, 0) is 6.54 Å². The average Bonchev–Trinajstić information content (AvgIpc) is 2.70. The average molecular weight is 384 g/mol. The normalized spacial score (nSPS) is 10.3. The molecule has 2 N–H and O–H groups in total. The third kappa shape index (κ3) is 4.71. The zero-order valence-corrected chi connectivity index (χ0v) is 15.6. The fraction of sp³-hybridized carbons (Fsp3) is 0.158. The van der Waals surface area contributed by atoms with Crippen LogP contribution >= 0.6 is 11.6 Å². The minimum absolute atomic E-state index is 0.225. The molecule has 0 aliphatic carbocycles. The number of carbonyl (C=O) groups is 1. The van der Waals surface area contributed by atoms with Gasteiger partial charge in [-0.3, -0.25) is 9.78 Å². The van der Waals surface area contributed by atoms with Gasteiger partial charge in [-0.05, 0) is 36.8 Å². The minimum atomic E-state index is -0.377. The Kier molecular flexibility index (Phi) is 5.83. The first-order chi connectivity index (χ1) is 13.1. The lowest BCUT2D eigenvalue weighted by Crippen LogP contribution is -2.16. The molecule has 0 bridgehead atoms. The Morgan fingerprint density at radius 2 is 2.04 bits per heavy atom. The maximum absolute atomic E-state index is 12.6. The number of halogens is 1. The number of amides is 1. The number of carbonyl (C=O) groups excluding carboxylic acids is 1. The van der Waals surface area contributed by atoms with E-state index in [4.69, 9.17) is 16.3 Å². The number of hydrogen-bond acceptors (Lipinski definition) is 6. The van der Waals surface area contributed by atoms with Gasteiger partial charge in [-0.2, -0.15) is 0 Å². The zero-order valence-electron chi connectivity index (χ0n) is 14.9. The van der Waals surface area contributed by atoms with Gasteiger partial charge in [-0.15, -0.1) is 0 Å². The molecule has 0 aliphatic heterocycles. The topological polar surface area (TPSA) is 89.0 Å². The Morgan fingerprint density at radius 3 is 2.78 bits per heavy atom. The van der Waals surface area contributed by atoms with Crippen LogP contribution in [0.2, 0.25) is 5.02 Å². The summed E-state index contributed by atoms with van der Waals surface area (Å²) in [6.45, 7) is 2.30. The maximum atomic E-state index is 12.6. The molecule has 0 spiro atoms. The number of pyridine rings is 1. The molecule has 7 nitrogen and oxygen atoms in total. The molecule has 138 valence electrons. The number of methoxy groups -OCH3 is 1. The molecular formula is C19H18ClN5O2. The molecular weight excluding hydrogens is 366 g/mol. The van der Waals surface area contributed by atoms with Crippen LogP contribution in [-0.4, -0.2) is 28.0 Å². The van der Waals surface area contributed by atoms with E-state index in [1.807, 2.05) is 25.1 Å². The highest BCUT2D eigenvalue weighted by atomic mass is 35.5. The Hall–Kier alpha value is -3.19. The molecule has 3 rings (SSSR count). The van der Waals surface area contributed by atoms with E-state index in [1.54, 1.807) is 18.3 Å². The van der Waals surface area contributed by atoms with Crippen molar-refractivity contribution in [2.24, 2.45) is 0 Å². The van der Waals surface area contributed by atoms with Crippen molar-refractivity contribution < 1.29 is 9.53 Å². The van der Waals surface area contributed by atoms with Gasteiger partial charge in [0.25, 0.3) is 5.91 Å². The molecule has 1 amide bonds. The highest BCUT2D eigenvalue weighted by Gasteiger charge is 2.14. The van der Waals surface area contributed by atoms with Crippen molar-refractivity contribution in [2.75, 3.05) is 17.7 Å². The minimum Gasteiger partial charge on any atom is -0.495 e. The number of nitrogens with zero attached hydrogens (tertiary/aromatic N) is 3. The third-order valence-corrected chi connectivity index (χ3v) is 4.18. The predicted molar refractivity (Wildman–Crippen MR) is 104 cm³/mol. The van der Waals surface area contributed by atoms with Crippen molar-refractivity contribution in [2.45, 2.75) is 13.5 Å². The van der Waals surface area contributed by atoms with Gasteiger partial charge < -0.3 is 15.4 Å². The number of aromatic nitrogens is 3. The summed E-state index contributed by atoms with van der Waals surface area (Å²) in [6, 6.07) is 10.6. The first-order valence-electron chi connectivity index (χ1n) is 8.19. The molecule has 3 aromatic rings. The summed E-state index contributed by atoms with van der Waals surface area (Å²) < 4.78 is 5.28. The first kappa shape index (κ1) is 18.6. The summed E-state index contributed by atoms with van der Waals surface area (Å²) in [4.78, 5) is 25.2. The lowest BCUT2D eigenvalue weighted by Gasteiger charge is -2.12. The van der Waals surface area contributed by atoms with E-state index in [-0.39, 0.29) is 11.6 Å². The van der Waals surface area contributed by atoms with Gasteiger partial charge in [0.2, 0.25) is 5.95 Å². The van der Waals surface area contributed by atoms with Crippen molar-refractivity contribution in [3.8, 4) is 5.75 Å². The van der Waals surface area contributed by atoms with Gasteiger partial charge in [0.1, 0.15) is 11.4 Å². The van der Waals surface area contributed by atoms with E-state index in [1.165, 1.54) is 19.4 Å².